The van der Waals surface area contributed by atoms with Crippen LogP contribution in [-0.2, 0) is 28.1 Å². The summed E-state index contributed by atoms with van der Waals surface area (Å²) in [6.07, 6.45) is 7.16. The molecular formula is C34H46B2O8. The first-order valence-electron chi connectivity index (χ1n) is 15.5. The predicted octanol–water partition coefficient (Wildman–Crippen LogP) is 5.42. The monoisotopic (exact) mass is 604 g/mol. The van der Waals surface area contributed by atoms with Crippen molar-refractivity contribution < 1.29 is 37.7 Å². The predicted molar refractivity (Wildman–Crippen MR) is 172 cm³/mol. The Hall–Kier alpha value is -2.91. The number of unbranched alkanes of at least 4 members (excludes halogenated alkanes) is 2. The summed E-state index contributed by atoms with van der Waals surface area (Å²) >= 11 is 0. The zero-order chi connectivity index (χ0) is 32.2. The summed E-state index contributed by atoms with van der Waals surface area (Å²) in [5.74, 6) is -0.696. The maximum absolute atomic E-state index is 12.4. The molecule has 0 unspecified atom stereocenters. The van der Waals surface area contributed by atoms with Crippen LogP contribution in [0.3, 0.4) is 0 Å². The highest BCUT2D eigenvalue weighted by Crippen LogP contribution is 2.37. The van der Waals surface area contributed by atoms with Gasteiger partial charge in [-0.15, -0.1) is 0 Å². The van der Waals surface area contributed by atoms with Crippen LogP contribution < -0.4 is 10.9 Å². The topological polar surface area (TPSA) is 89.5 Å². The maximum Gasteiger partial charge on any atom is 0.494 e. The van der Waals surface area contributed by atoms with Crippen molar-refractivity contribution in [2.45, 2.75) is 103 Å². The average molecular weight is 604 g/mol. The fourth-order valence-electron chi connectivity index (χ4n) is 4.65. The van der Waals surface area contributed by atoms with Gasteiger partial charge in [-0.25, -0.2) is 9.59 Å². The molecule has 0 bridgehead atoms. The Morgan fingerprint density at radius 2 is 0.864 bits per heavy atom. The molecule has 0 atom stereocenters. The first-order chi connectivity index (χ1) is 20.6. The van der Waals surface area contributed by atoms with Crippen molar-refractivity contribution in [3.63, 3.8) is 0 Å². The highest BCUT2D eigenvalue weighted by molar-refractivity contribution is 6.62. The highest BCUT2D eigenvalue weighted by atomic mass is 16.7. The van der Waals surface area contributed by atoms with Gasteiger partial charge in [0.25, 0.3) is 0 Å². The Kier molecular flexibility index (Phi) is 10.5. The van der Waals surface area contributed by atoms with Gasteiger partial charge < -0.3 is 28.1 Å². The molecule has 8 nitrogen and oxygen atoms in total. The number of carbonyl (C=O) groups excluding carboxylic acids is 2. The molecular weight excluding hydrogens is 558 g/mol. The highest BCUT2D eigenvalue weighted by Gasteiger charge is 2.52. The summed E-state index contributed by atoms with van der Waals surface area (Å²) in [6.45, 7) is 16.8. The van der Waals surface area contributed by atoms with E-state index in [1.807, 2.05) is 79.7 Å². The molecule has 2 fully saturated rings. The van der Waals surface area contributed by atoms with Crippen LogP contribution in [0.15, 0.2) is 60.7 Å². The minimum Gasteiger partial charge on any atom is -0.462 e. The van der Waals surface area contributed by atoms with Crippen LogP contribution in [0.5, 0.6) is 0 Å². The second-order valence-electron chi connectivity index (χ2n) is 13.4. The Bertz CT molecular complexity index is 1180. The van der Waals surface area contributed by atoms with Gasteiger partial charge >= 0.3 is 26.2 Å². The van der Waals surface area contributed by atoms with E-state index in [0.29, 0.717) is 24.3 Å². The van der Waals surface area contributed by atoms with Crippen LogP contribution in [0.25, 0.3) is 0 Å². The SMILES string of the molecule is CC1(C)OB(c2ccc(C(=O)OCCC/C=C/CCCOC(=O)c3ccc(B4OC(C)(C)C(C)(C)O4)cc3)cc2)OC1(C)C. The van der Waals surface area contributed by atoms with Gasteiger partial charge in [0, 0.05) is 0 Å². The Labute approximate surface area is 263 Å². The molecule has 0 aliphatic carbocycles. The van der Waals surface area contributed by atoms with E-state index >= 15 is 0 Å². The van der Waals surface area contributed by atoms with Crippen LogP contribution in [0, 0.1) is 0 Å². The van der Waals surface area contributed by atoms with Gasteiger partial charge in [0.2, 0.25) is 0 Å². The summed E-state index contributed by atoms with van der Waals surface area (Å²) in [4.78, 5) is 24.8. The van der Waals surface area contributed by atoms with Gasteiger partial charge in [-0.05, 0) is 116 Å². The fourth-order valence-corrected chi connectivity index (χ4v) is 4.65. The molecule has 44 heavy (non-hydrogen) atoms. The summed E-state index contributed by atoms with van der Waals surface area (Å²) < 4.78 is 35.1. The molecule has 2 aromatic rings. The third kappa shape index (κ3) is 8.02. The lowest BCUT2D eigenvalue weighted by Gasteiger charge is -2.32. The number of allylic oxidation sites excluding steroid dienone is 2. The van der Waals surface area contributed by atoms with E-state index in [4.69, 9.17) is 28.1 Å². The fraction of sp³-hybridized carbons (Fsp3) is 0.529. The maximum atomic E-state index is 12.4. The van der Waals surface area contributed by atoms with E-state index in [2.05, 4.69) is 12.2 Å². The molecule has 0 saturated carbocycles. The summed E-state index contributed by atoms with van der Waals surface area (Å²) in [7, 11) is -0.925. The normalized spacial score (nSPS) is 19.8. The van der Waals surface area contributed by atoms with Crippen molar-refractivity contribution in [1.82, 2.24) is 0 Å². The number of carbonyl (C=O) groups is 2. The Balaban J connectivity index is 1.07. The van der Waals surface area contributed by atoms with Crippen molar-refractivity contribution in [2.75, 3.05) is 13.2 Å². The van der Waals surface area contributed by atoms with E-state index in [0.717, 1.165) is 36.6 Å². The Morgan fingerprint density at radius 1 is 0.568 bits per heavy atom. The number of benzene rings is 2. The minimum absolute atomic E-state index is 0.340. The molecule has 0 amide bonds. The largest absolute Gasteiger partial charge is 0.494 e. The number of hydrogen-bond acceptors (Lipinski definition) is 8. The summed E-state index contributed by atoms with van der Waals surface area (Å²) in [5, 5.41) is 0. The van der Waals surface area contributed by atoms with Crippen molar-refractivity contribution in [3.05, 3.63) is 71.8 Å². The van der Waals surface area contributed by atoms with Crippen molar-refractivity contribution in [2.24, 2.45) is 0 Å². The van der Waals surface area contributed by atoms with Crippen molar-refractivity contribution in [3.8, 4) is 0 Å². The van der Waals surface area contributed by atoms with Crippen LogP contribution in [0.2, 0.25) is 0 Å². The molecule has 2 aliphatic heterocycles. The van der Waals surface area contributed by atoms with Gasteiger partial charge in [0.15, 0.2) is 0 Å². The zero-order valence-corrected chi connectivity index (χ0v) is 27.4. The number of esters is 2. The second-order valence-corrected chi connectivity index (χ2v) is 13.4. The lowest BCUT2D eigenvalue weighted by Crippen LogP contribution is -2.41. The smallest absolute Gasteiger partial charge is 0.462 e. The molecule has 0 aromatic heterocycles. The van der Waals surface area contributed by atoms with Crippen molar-refractivity contribution in [1.29, 1.82) is 0 Å². The Morgan fingerprint density at radius 3 is 1.16 bits per heavy atom. The lowest BCUT2D eigenvalue weighted by molar-refractivity contribution is 0.00578. The first-order valence-corrected chi connectivity index (χ1v) is 15.5. The van der Waals surface area contributed by atoms with Crippen LogP contribution in [0.1, 0.15) is 102 Å². The van der Waals surface area contributed by atoms with Crippen LogP contribution >= 0.6 is 0 Å². The van der Waals surface area contributed by atoms with Gasteiger partial charge in [-0.2, -0.15) is 0 Å². The molecule has 0 N–H and O–H groups in total. The summed E-state index contributed by atoms with van der Waals surface area (Å²) in [5.41, 5.74) is 1.07. The van der Waals surface area contributed by atoms with E-state index in [9.17, 15) is 9.59 Å². The van der Waals surface area contributed by atoms with Crippen LogP contribution in [-0.4, -0.2) is 61.8 Å². The van der Waals surface area contributed by atoms with E-state index < -0.39 is 36.6 Å². The second kappa shape index (κ2) is 13.6. The molecule has 4 rings (SSSR count). The van der Waals surface area contributed by atoms with Gasteiger partial charge in [0.05, 0.1) is 46.7 Å². The standard InChI is InChI=1S/C34H46B2O8/c1-31(2)32(3,4)42-35(41-31)27-19-15-25(16-20-27)29(37)39-23-13-11-9-10-12-14-24-40-30(38)26-17-21-28(22-18-26)36-43-33(5,6)34(7,8)44-36/h9-10,15-22H,11-14,23-24H2,1-8H3/b10-9+. The molecule has 2 aromatic carbocycles. The molecule has 2 heterocycles. The average Bonchev–Trinajstić information content (AvgIpc) is 3.33. The van der Waals surface area contributed by atoms with E-state index in [1.54, 1.807) is 24.3 Å². The first kappa shape index (κ1) is 34.0. The molecule has 0 spiro atoms. The molecule has 2 aliphatic rings. The lowest BCUT2D eigenvalue weighted by atomic mass is 9.79. The molecule has 10 heteroatoms. The van der Waals surface area contributed by atoms with Crippen LogP contribution in [0.4, 0.5) is 0 Å². The van der Waals surface area contributed by atoms with Gasteiger partial charge in [-0.1, -0.05) is 36.4 Å². The zero-order valence-electron chi connectivity index (χ0n) is 27.4. The number of rotatable bonds is 12. The summed E-state index contributed by atoms with van der Waals surface area (Å²) in [6, 6.07) is 14.3. The molecule has 236 valence electrons. The third-order valence-corrected chi connectivity index (χ3v) is 9.01. The quantitative estimate of drug-likeness (QED) is 0.138. The molecule has 0 radical (unpaired) electrons. The van der Waals surface area contributed by atoms with E-state index in [1.165, 1.54) is 0 Å². The number of ether oxygens (including phenoxy) is 2. The van der Waals surface area contributed by atoms with Crippen molar-refractivity contribution >= 4 is 37.1 Å². The van der Waals surface area contributed by atoms with E-state index in [-0.39, 0.29) is 11.9 Å². The van der Waals surface area contributed by atoms with Gasteiger partial charge in [0.1, 0.15) is 0 Å². The minimum atomic E-state index is -0.463. The molecule has 2 saturated heterocycles. The number of hydrogen-bond donors (Lipinski definition) is 0. The van der Waals surface area contributed by atoms with Gasteiger partial charge in [-0.3, -0.25) is 0 Å². The third-order valence-electron chi connectivity index (χ3n) is 9.01.